The van der Waals surface area contributed by atoms with Gasteiger partial charge < -0.3 is 15.0 Å². The lowest BCUT2D eigenvalue weighted by Crippen LogP contribution is -2.58. The van der Waals surface area contributed by atoms with Gasteiger partial charge in [0.1, 0.15) is 12.4 Å². The number of rotatable bonds is 2. The molecule has 8 heteroatoms. The Morgan fingerprint density at radius 2 is 2.03 bits per heavy atom. The molecule has 0 bridgehead atoms. The normalized spacial score (nSPS) is 22.5. The van der Waals surface area contributed by atoms with Gasteiger partial charge in [-0.15, -0.1) is 0 Å². The van der Waals surface area contributed by atoms with E-state index in [2.05, 4.69) is 15.3 Å². The molecule has 1 N–H and O–H groups in total. The second kappa shape index (κ2) is 8.34. The van der Waals surface area contributed by atoms with Crippen LogP contribution in [0.1, 0.15) is 25.7 Å². The summed E-state index contributed by atoms with van der Waals surface area (Å²) in [4.78, 5) is 29.8. The topological polar surface area (TPSA) is 79.7 Å². The Morgan fingerprint density at radius 3 is 2.81 bits per heavy atom. The number of carbonyl (C=O) groups is 2. The minimum atomic E-state index is -0.0596. The molecule has 2 aliphatic heterocycles. The Kier molecular flexibility index (Phi) is 5.40. The summed E-state index contributed by atoms with van der Waals surface area (Å²) >= 11 is 0. The summed E-state index contributed by atoms with van der Waals surface area (Å²) in [7, 11) is 1.88. The molecule has 164 valence electrons. The van der Waals surface area contributed by atoms with E-state index in [0.29, 0.717) is 44.2 Å². The van der Waals surface area contributed by atoms with Crippen molar-refractivity contribution in [1.82, 2.24) is 19.6 Å². The quantitative estimate of drug-likeness (QED) is 0.801. The molecule has 3 heterocycles. The zero-order valence-corrected chi connectivity index (χ0v) is 17.9. The van der Waals surface area contributed by atoms with Crippen molar-refractivity contribution < 1.29 is 14.3 Å². The third-order valence-electron chi connectivity index (χ3n) is 6.69. The van der Waals surface area contributed by atoms with Crippen molar-refractivity contribution in [1.29, 1.82) is 0 Å². The maximum Gasteiger partial charge on any atom is 0.238 e. The van der Waals surface area contributed by atoms with Gasteiger partial charge in [-0.25, -0.2) is 0 Å². The molecule has 5 rings (SSSR count). The van der Waals surface area contributed by atoms with E-state index < -0.39 is 0 Å². The molecular weight excluding hydrogens is 394 g/mol. The number of aryl methyl sites for hydroxylation is 1. The Hall–Kier alpha value is -2.87. The highest BCUT2D eigenvalue weighted by Gasteiger charge is 2.35. The third kappa shape index (κ3) is 4.17. The lowest BCUT2D eigenvalue weighted by molar-refractivity contribution is -0.139. The van der Waals surface area contributed by atoms with Crippen LogP contribution in [0.5, 0.6) is 5.75 Å². The Labute approximate surface area is 182 Å². The number of anilines is 1. The second-order valence-electron chi connectivity index (χ2n) is 8.86. The number of nitrogens with one attached hydrogen (secondary N) is 1. The van der Waals surface area contributed by atoms with Gasteiger partial charge in [0.15, 0.2) is 0 Å². The van der Waals surface area contributed by atoms with Gasteiger partial charge in [-0.05, 0) is 30.5 Å². The average Bonchev–Trinajstić information content (AvgIpc) is 3.45. The maximum absolute atomic E-state index is 12.9. The van der Waals surface area contributed by atoms with Gasteiger partial charge in [0.25, 0.3) is 0 Å². The SMILES string of the molecule is Cn1cc(-c2ccc3c(c2)NC(=O)CN2CCN(C(=O)C4CCCC4)C[C@H]2CO3)cn1. The van der Waals surface area contributed by atoms with Crippen LogP contribution < -0.4 is 10.1 Å². The molecule has 3 aliphatic rings. The molecule has 1 saturated carbocycles. The first kappa shape index (κ1) is 20.1. The van der Waals surface area contributed by atoms with Crippen LogP contribution in [0.2, 0.25) is 0 Å². The number of ether oxygens (including phenoxy) is 1. The first-order valence-electron chi connectivity index (χ1n) is 11.2. The van der Waals surface area contributed by atoms with Gasteiger partial charge in [-0.1, -0.05) is 18.9 Å². The van der Waals surface area contributed by atoms with Crippen LogP contribution in [0, 0.1) is 5.92 Å². The van der Waals surface area contributed by atoms with Crippen molar-refractivity contribution >= 4 is 17.5 Å². The van der Waals surface area contributed by atoms with E-state index in [9.17, 15) is 9.59 Å². The zero-order chi connectivity index (χ0) is 21.4. The number of aromatic nitrogens is 2. The monoisotopic (exact) mass is 423 g/mol. The van der Waals surface area contributed by atoms with Crippen LogP contribution in [0.4, 0.5) is 5.69 Å². The van der Waals surface area contributed by atoms with E-state index in [4.69, 9.17) is 4.74 Å². The smallest absolute Gasteiger partial charge is 0.238 e. The van der Waals surface area contributed by atoms with Crippen molar-refractivity contribution in [3.8, 4) is 16.9 Å². The number of piperazine rings is 1. The third-order valence-corrected chi connectivity index (χ3v) is 6.69. The van der Waals surface area contributed by atoms with Crippen molar-refractivity contribution in [2.75, 3.05) is 38.1 Å². The van der Waals surface area contributed by atoms with E-state index in [1.807, 2.05) is 36.3 Å². The Bertz CT molecular complexity index is 981. The van der Waals surface area contributed by atoms with Crippen molar-refractivity contribution in [2.24, 2.45) is 13.0 Å². The maximum atomic E-state index is 12.9. The first-order valence-corrected chi connectivity index (χ1v) is 11.2. The fraction of sp³-hybridized carbons (Fsp3) is 0.522. The number of benzene rings is 1. The average molecular weight is 424 g/mol. The van der Waals surface area contributed by atoms with E-state index in [0.717, 1.165) is 36.8 Å². The highest BCUT2D eigenvalue weighted by molar-refractivity contribution is 5.94. The van der Waals surface area contributed by atoms with Gasteiger partial charge >= 0.3 is 0 Å². The van der Waals surface area contributed by atoms with Crippen LogP contribution in [-0.4, -0.2) is 70.2 Å². The summed E-state index contributed by atoms with van der Waals surface area (Å²) in [6, 6.07) is 5.82. The molecule has 1 aliphatic carbocycles. The minimum absolute atomic E-state index is 0.00815. The van der Waals surface area contributed by atoms with Crippen LogP contribution in [0.15, 0.2) is 30.6 Å². The molecule has 0 spiro atoms. The van der Waals surface area contributed by atoms with Gasteiger partial charge in [-0.2, -0.15) is 5.10 Å². The molecule has 0 unspecified atom stereocenters. The fourth-order valence-electron chi connectivity index (χ4n) is 4.95. The lowest BCUT2D eigenvalue weighted by atomic mass is 10.0. The van der Waals surface area contributed by atoms with Crippen molar-refractivity contribution in [2.45, 2.75) is 31.7 Å². The number of carbonyl (C=O) groups excluding carboxylic acids is 2. The molecule has 31 heavy (non-hydrogen) atoms. The van der Waals surface area contributed by atoms with Gasteiger partial charge in [0.05, 0.1) is 24.5 Å². The number of hydrogen-bond acceptors (Lipinski definition) is 5. The standard InChI is InChI=1S/C23H29N5O3/c1-26-12-18(11-24-26)17-6-7-21-20(10-17)25-22(29)14-27-8-9-28(13-19(27)15-31-21)23(30)16-4-2-3-5-16/h6-7,10-12,16,19H,2-5,8-9,13-15H2,1H3,(H,25,29)/t19-/m0/s1. The molecule has 1 saturated heterocycles. The van der Waals surface area contributed by atoms with Crippen LogP contribution >= 0.6 is 0 Å². The molecule has 1 aromatic heterocycles. The molecule has 2 amide bonds. The summed E-state index contributed by atoms with van der Waals surface area (Å²) in [6.45, 7) is 2.73. The summed E-state index contributed by atoms with van der Waals surface area (Å²) in [6.07, 6.45) is 8.07. The number of nitrogens with zero attached hydrogens (tertiary/aromatic N) is 4. The lowest BCUT2D eigenvalue weighted by Gasteiger charge is -2.41. The summed E-state index contributed by atoms with van der Waals surface area (Å²) in [5.74, 6) is 1.06. The summed E-state index contributed by atoms with van der Waals surface area (Å²) in [5, 5.41) is 7.24. The van der Waals surface area contributed by atoms with E-state index in [1.165, 1.54) is 0 Å². The Morgan fingerprint density at radius 1 is 1.19 bits per heavy atom. The first-order chi connectivity index (χ1) is 15.1. The largest absolute Gasteiger partial charge is 0.490 e. The zero-order valence-electron chi connectivity index (χ0n) is 17.9. The molecule has 0 radical (unpaired) electrons. The van der Waals surface area contributed by atoms with Gasteiger partial charge in [0, 0.05) is 44.4 Å². The van der Waals surface area contributed by atoms with Crippen LogP contribution in [0.25, 0.3) is 11.1 Å². The molecule has 1 atom stereocenters. The van der Waals surface area contributed by atoms with Crippen LogP contribution in [0.3, 0.4) is 0 Å². The van der Waals surface area contributed by atoms with E-state index in [1.54, 1.807) is 10.9 Å². The Balaban J connectivity index is 1.34. The fourth-order valence-corrected chi connectivity index (χ4v) is 4.95. The van der Waals surface area contributed by atoms with Crippen LogP contribution in [-0.2, 0) is 16.6 Å². The predicted molar refractivity (Wildman–Crippen MR) is 117 cm³/mol. The molecule has 1 aromatic carbocycles. The highest BCUT2D eigenvalue weighted by atomic mass is 16.5. The molecule has 8 nitrogen and oxygen atoms in total. The predicted octanol–water partition coefficient (Wildman–Crippen LogP) is 2.12. The number of fused-ring (bicyclic) bond motifs is 2. The number of amides is 2. The number of hydrogen-bond donors (Lipinski definition) is 1. The van der Waals surface area contributed by atoms with E-state index in [-0.39, 0.29) is 23.8 Å². The van der Waals surface area contributed by atoms with Crippen molar-refractivity contribution in [3.05, 3.63) is 30.6 Å². The molecular formula is C23H29N5O3. The van der Waals surface area contributed by atoms with Gasteiger partial charge in [0.2, 0.25) is 11.8 Å². The molecule has 2 aromatic rings. The minimum Gasteiger partial charge on any atom is -0.490 e. The summed E-state index contributed by atoms with van der Waals surface area (Å²) in [5.41, 5.74) is 2.63. The van der Waals surface area contributed by atoms with Gasteiger partial charge in [-0.3, -0.25) is 19.2 Å². The van der Waals surface area contributed by atoms with Crippen molar-refractivity contribution in [3.63, 3.8) is 0 Å². The highest BCUT2D eigenvalue weighted by Crippen LogP contribution is 2.32. The molecule has 2 fully saturated rings. The van der Waals surface area contributed by atoms with E-state index >= 15 is 0 Å². The second-order valence-corrected chi connectivity index (χ2v) is 8.86. The summed E-state index contributed by atoms with van der Waals surface area (Å²) < 4.78 is 7.91.